The van der Waals surface area contributed by atoms with Gasteiger partial charge in [-0.2, -0.15) is 0 Å². The Morgan fingerprint density at radius 3 is 2.41 bits per heavy atom. The number of nitrogens with zero attached hydrogens (tertiary/aromatic N) is 1. The second-order valence-corrected chi connectivity index (χ2v) is 7.95. The van der Waals surface area contributed by atoms with E-state index in [0.717, 1.165) is 39.1 Å². The highest BCUT2D eigenvalue weighted by Crippen LogP contribution is 2.22. The number of nitrogens with one attached hydrogen (secondary N) is 1. The van der Waals surface area contributed by atoms with Gasteiger partial charge in [-0.3, -0.25) is 4.79 Å². The Labute approximate surface area is 176 Å². The number of hydrogen-bond donors (Lipinski definition) is 1. The number of ether oxygens (including phenoxy) is 2. The van der Waals surface area contributed by atoms with Crippen molar-refractivity contribution in [3.8, 4) is 11.5 Å². The number of quaternary nitrogens is 1. The zero-order chi connectivity index (χ0) is 20.6. The number of hydrogen-bond acceptors (Lipinski definition) is 4. The molecule has 1 N–H and O–H groups in total. The van der Waals surface area contributed by atoms with Gasteiger partial charge in [0.25, 0.3) is 5.91 Å². The molecule has 1 heterocycles. The first-order valence-electron chi connectivity index (χ1n) is 9.50. The fourth-order valence-corrected chi connectivity index (χ4v) is 3.88. The van der Waals surface area contributed by atoms with Crippen LogP contribution in [0, 0.1) is 0 Å². The van der Waals surface area contributed by atoms with Crippen LogP contribution in [0.15, 0.2) is 66.0 Å². The van der Waals surface area contributed by atoms with Gasteiger partial charge in [0.2, 0.25) is 0 Å². The average molecular weight is 412 g/mol. The lowest BCUT2D eigenvalue weighted by Gasteiger charge is -2.24. The van der Waals surface area contributed by atoms with Gasteiger partial charge in [-0.1, -0.05) is 18.2 Å². The summed E-state index contributed by atoms with van der Waals surface area (Å²) in [7, 11) is 5.34. The number of methoxy groups -OCH3 is 2. The molecule has 0 saturated carbocycles. The second kappa shape index (κ2) is 10.1. The Morgan fingerprint density at radius 2 is 1.76 bits per heavy atom. The molecule has 1 unspecified atom stereocenters. The third-order valence-electron chi connectivity index (χ3n) is 4.67. The van der Waals surface area contributed by atoms with Gasteiger partial charge in [-0.25, -0.2) is 0 Å². The molecular formula is C23H27N2O3S+. The fraction of sp³-hybridized carbons (Fsp3) is 0.261. The normalized spacial score (nSPS) is 11.7. The average Bonchev–Trinajstić information content (AvgIpc) is 3.25. The summed E-state index contributed by atoms with van der Waals surface area (Å²) < 4.78 is 10.5. The molecule has 0 aliphatic carbocycles. The Kier molecular flexibility index (Phi) is 7.27. The van der Waals surface area contributed by atoms with E-state index in [4.69, 9.17) is 9.47 Å². The van der Waals surface area contributed by atoms with Crippen LogP contribution in [0.1, 0.15) is 10.4 Å². The van der Waals surface area contributed by atoms with E-state index in [2.05, 4.69) is 12.1 Å². The lowest BCUT2D eigenvalue weighted by atomic mass is 10.2. The molecule has 0 aliphatic heterocycles. The largest absolute Gasteiger partial charge is 0.497 e. The topological polar surface area (TPSA) is 43.2 Å². The predicted octanol–water partition coefficient (Wildman–Crippen LogP) is 3.01. The first-order valence-corrected chi connectivity index (χ1v) is 10.4. The van der Waals surface area contributed by atoms with Crippen LogP contribution in [0.3, 0.4) is 0 Å². The van der Waals surface area contributed by atoms with E-state index in [1.165, 1.54) is 0 Å². The molecule has 1 amide bonds. The first kappa shape index (κ1) is 20.9. The van der Waals surface area contributed by atoms with Crippen molar-refractivity contribution in [2.45, 2.75) is 13.1 Å². The van der Waals surface area contributed by atoms with E-state index in [-0.39, 0.29) is 5.91 Å². The standard InChI is InChI=1S/C23H26N2O3S/c1-24(15-18-6-4-7-21(14-18)28-3)17-23(26)25(16-22-8-5-13-29-22)19-9-11-20(27-2)12-10-19/h4-14H,15-17H2,1-3H3/p+1. The van der Waals surface area contributed by atoms with Gasteiger partial charge in [0.05, 0.1) is 27.8 Å². The van der Waals surface area contributed by atoms with E-state index < -0.39 is 0 Å². The van der Waals surface area contributed by atoms with Crippen molar-refractivity contribution in [3.63, 3.8) is 0 Å². The zero-order valence-corrected chi connectivity index (χ0v) is 17.9. The summed E-state index contributed by atoms with van der Waals surface area (Å²) in [6.45, 7) is 1.71. The molecule has 2 aromatic carbocycles. The number of rotatable bonds is 9. The highest BCUT2D eigenvalue weighted by molar-refractivity contribution is 7.09. The third-order valence-corrected chi connectivity index (χ3v) is 5.53. The predicted molar refractivity (Wildman–Crippen MR) is 117 cm³/mol. The molecule has 0 radical (unpaired) electrons. The summed E-state index contributed by atoms with van der Waals surface area (Å²) >= 11 is 1.66. The van der Waals surface area contributed by atoms with Crippen LogP contribution in [0.4, 0.5) is 5.69 Å². The van der Waals surface area contributed by atoms with E-state index in [1.807, 2.05) is 65.9 Å². The molecule has 0 bridgehead atoms. The Morgan fingerprint density at radius 1 is 1.00 bits per heavy atom. The van der Waals surface area contributed by atoms with Crippen molar-refractivity contribution in [1.29, 1.82) is 0 Å². The van der Waals surface area contributed by atoms with E-state index >= 15 is 0 Å². The van der Waals surface area contributed by atoms with Gasteiger partial charge < -0.3 is 19.3 Å². The van der Waals surface area contributed by atoms with Crippen molar-refractivity contribution >= 4 is 22.9 Å². The van der Waals surface area contributed by atoms with Crippen LogP contribution in [-0.2, 0) is 17.9 Å². The lowest BCUT2D eigenvalue weighted by molar-refractivity contribution is -0.885. The highest BCUT2D eigenvalue weighted by atomic mass is 32.1. The van der Waals surface area contributed by atoms with Crippen LogP contribution in [0.2, 0.25) is 0 Å². The van der Waals surface area contributed by atoms with Crippen LogP contribution < -0.4 is 19.3 Å². The van der Waals surface area contributed by atoms with Crippen LogP contribution in [0.5, 0.6) is 11.5 Å². The summed E-state index contributed by atoms with van der Waals surface area (Å²) in [4.78, 5) is 17.3. The molecule has 29 heavy (non-hydrogen) atoms. The number of thiophene rings is 1. The van der Waals surface area contributed by atoms with Crippen molar-refractivity contribution in [2.75, 3.05) is 32.7 Å². The number of amides is 1. The molecule has 1 aromatic heterocycles. The van der Waals surface area contributed by atoms with Crippen molar-refractivity contribution in [2.24, 2.45) is 0 Å². The minimum atomic E-state index is 0.0870. The SMILES string of the molecule is COc1ccc(N(Cc2cccs2)C(=O)C[NH+](C)Cc2cccc(OC)c2)cc1. The van der Waals surface area contributed by atoms with Gasteiger partial charge in [-0.05, 0) is 47.8 Å². The minimum Gasteiger partial charge on any atom is -0.497 e. The Bertz CT molecular complexity index is 910. The molecule has 3 rings (SSSR count). The molecule has 0 saturated heterocycles. The summed E-state index contributed by atoms with van der Waals surface area (Å²) in [6.07, 6.45) is 0. The van der Waals surface area contributed by atoms with Gasteiger partial charge >= 0.3 is 0 Å². The molecule has 3 aromatic rings. The molecule has 152 valence electrons. The lowest BCUT2D eigenvalue weighted by Crippen LogP contribution is -3.08. The van der Waals surface area contributed by atoms with Crippen LogP contribution >= 0.6 is 11.3 Å². The monoisotopic (exact) mass is 411 g/mol. The van der Waals surface area contributed by atoms with Crippen LogP contribution in [0.25, 0.3) is 0 Å². The van der Waals surface area contributed by atoms with E-state index in [9.17, 15) is 4.79 Å². The molecule has 6 heteroatoms. The number of carbonyl (C=O) groups is 1. The van der Waals surface area contributed by atoms with Gasteiger partial charge in [0, 0.05) is 16.1 Å². The molecule has 5 nitrogen and oxygen atoms in total. The number of likely N-dealkylation sites (N-methyl/N-ethyl adjacent to an activating group) is 1. The highest BCUT2D eigenvalue weighted by Gasteiger charge is 2.21. The number of carbonyl (C=O) groups excluding carboxylic acids is 1. The molecular weight excluding hydrogens is 384 g/mol. The smallest absolute Gasteiger partial charge is 0.282 e. The molecule has 0 fully saturated rings. The summed E-state index contributed by atoms with van der Waals surface area (Å²) in [5.74, 6) is 1.70. The minimum absolute atomic E-state index is 0.0870. The van der Waals surface area contributed by atoms with Gasteiger partial charge in [0.15, 0.2) is 6.54 Å². The molecule has 1 atom stereocenters. The first-order chi connectivity index (χ1) is 14.1. The molecule has 0 aliphatic rings. The molecule has 0 spiro atoms. The van der Waals surface area contributed by atoms with E-state index in [0.29, 0.717) is 13.1 Å². The number of benzene rings is 2. The maximum atomic E-state index is 13.2. The van der Waals surface area contributed by atoms with Gasteiger partial charge in [-0.15, -0.1) is 11.3 Å². The maximum Gasteiger partial charge on any atom is 0.282 e. The summed E-state index contributed by atoms with van der Waals surface area (Å²) in [6, 6.07) is 19.7. The quantitative estimate of drug-likeness (QED) is 0.589. The van der Waals surface area contributed by atoms with Crippen molar-refractivity contribution < 1.29 is 19.2 Å². The van der Waals surface area contributed by atoms with Crippen LogP contribution in [-0.4, -0.2) is 33.7 Å². The van der Waals surface area contributed by atoms with E-state index in [1.54, 1.807) is 25.6 Å². The Balaban J connectivity index is 1.72. The maximum absolute atomic E-state index is 13.2. The van der Waals surface area contributed by atoms with Crippen molar-refractivity contribution in [3.05, 3.63) is 76.5 Å². The second-order valence-electron chi connectivity index (χ2n) is 6.92. The van der Waals surface area contributed by atoms with Crippen molar-refractivity contribution in [1.82, 2.24) is 0 Å². The number of anilines is 1. The summed E-state index contributed by atoms with van der Waals surface area (Å²) in [5, 5.41) is 2.03. The summed E-state index contributed by atoms with van der Waals surface area (Å²) in [5.41, 5.74) is 2.02. The van der Waals surface area contributed by atoms with Gasteiger partial charge in [0.1, 0.15) is 18.0 Å². The Hall–Kier alpha value is -2.83. The zero-order valence-electron chi connectivity index (χ0n) is 17.1. The fourth-order valence-electron chi connectivity index (χ4n) is 3.19. The third kappa shape index (κ3) is 5.82.